The Morgan fingerprint density at radius 1 is 1.11 bits per heavy atom. The van der Waals surface area contributed by atoms with Gasteiger partial charge in [-0.2, -0.15) is 0 Å². The van der Waals surface area contributed by atoms with Crippen LogP contribution in [0.2, 0.25) is 5.02 Å². The van der Waals surface area contributed by atoms with Gasteiger partial charge in [-0.3, -0.25) is 0 Å². The van der Waals surface area contributed by atoms with Gasteiger partial charge in [-0.1, -0.05) is 36.7 Å². The number of anilines is 1. The maximum Gasteiger partial charge on any atom is 0.164 e. The molecule has 2 rings (SSSR count). The lowest BCUT2D eigenvalue weighted by atomic mass is 10.0. The third kappa shape index (κ3) is 3.24. The summed E-state index contributed by atoms with van der Waals surface area (Å²) in [7, 11) is 0. The van der Waals surface area contributed by atoms with E-state index in [0.717, 1.165) is 12.0 Å². The fourth-order valence-corrected chi connectivity index (χ4v) is 2.09. The molecule has 0 heterocycles. The van der Waals surface area contributed by atoms with E-state index >= 15 is 0 Å². The van der Waals surface area contributed by atoms with Crippen molar-refractivity contribution in [2.45, 2.75) is 19.4 Å². The molecule has 0 bridgehead atoms. The Kier molecular flexibility index (Phi) is 4.38. The molecule has 0 amide bonds. The molecule has 100 valence electrons. The van der Waals surface area contributed by atoms with Crippen molar-refractivity contribution in [3.63, 3.8) is 0 Å². The number of nitrogens with one attached hydrogen (secondary N) is 1. The fourth-order valence-electron chi connectivity index (χ4n) is 1.92. The topological polar surface area (TPSA) is 12.0 Å². The third-order valence-electron chi connectivity index (χ3n) is 2.96. The van der Waals surface area contributed by atoms with Gasteiger partial charge in [0, 0.05) is 0 Å². The van der Waals surface area contributed by atoms with Gasteiger partial charge in [0.15, 0.2) is 5.82 Å². The summed E-state index contributed by atoms with van der Waals surface area (Å²) in [6.07, 6.45) is 0.748. The maximum atomic E-state index is 13.8. The number of benzene rings is 2. The van der Waals surface area contributed by atoms with Gasteiger partial charge in [0.25, 0.3) is 0 Å². The minimum absolute atomic E-state index is 0.0824. The molecule has 1 atom stereocenters. The normalized spacial score (nSPS) is 12.2. The van der Waals surface area contributed by atoms with Gasteiger partial charge in [0.05, 0.1) is 16.8 Å². The summed E-state index contributed by atoms with van der Waals surface area (Å²) in [4.78, 5) is 0. The molecule has 1 N–H and O–H groups in total. The van der Waals surface area contributed by atoms with E-state index in [4.69, 9.17) is 11.6 Å². The van der Waals surface area contributed by atoms with Gasteiger partial charge in [-0.15, -0.1) is 0 Å². The van der Waals surface area contributed by atoms with Gasteiger partial charge in [-0.05, 0) is 36.2 Å². The lowest BCUT2D eigenvalue weighted by molar-refractivity contribution is 0.620. The summed E-state index contributed by atoms with van der Waals surface area (Å²) < 4.78 is 26.7. The van der Waals surface area contributed by atoms with Gasteiger partial charge in [-0.25, -0.2) is 8.78 Å². The van der Waals surface area contributed by atoms with Crippen molar-refractivity contribution in [3.8, 4) is 0 Å². The zero-order valence-corrected chi connectivity index (χ0v) is 11.2. The second-order valence-corrected chi connectivity index (χ2v) is 4.67. The minimum Gasteiger partial charge on any atom is -0.376 e. The number of rotatable bonds is 4. The van der Waals surface area contributed by atoms with Crippen LogP contribution in [0.1, 0.15) is 24.9 Å². The number of halogens is 3. The highest BCUT2D eigenvalue weighted by atomic mass is 35.5. The number of hydrogen-bond donors (Lipinski definition) is 1. The molecule has 0 aliphatic heterocycles. The average molecular weight is 282 g/mol. The summed E-state index contributed by atoms with van der Waals surface area (Å²) in [6, 6.07) is 10.9. The van der Waals surface area contributed by atoms with Crippen molar-refractivity contribution >= 4 is 17.3 Å². The second kappa shape index (κ2) is 6.02. The van der Waals surface area contributed by atoms with Gasteiger partial charge >= 0.3 is 0 Å². The van der Waals surface area contributed by atoms with Crippen molar-refractivity contribution in [2.75, 3.05) is 5.32 Å². The average Bonchev–Trinajstić information content (AvgIpc) is 2.42. The van der Waals surface area contributed by atoms with Gasteiger partial charge in [0.2, 0.25) is 0 Å². The maximum absolute atomic E-state index is 13.8. The van der Waals surface area contributed by atoms with Crippen molar-refractivity contribution in [2.24, 2.45) is 0 Å². The Morgan fingerprint density at radius 2 is 1.79 bits per heavy atom. The largest absolute Gasteiger partial charge is 0.376 e. The molecular formula is C15H14ClF2N. The van der Waals surface area contributed by atoms with Gasteiger partial charge in [0.1, 0.15) is 5.82 Å². The highest BCUT2D eigenvalue weighted by Crippen LogP contribution is 2.27. The van der Waals surface area contributed by atoms with Crippen molar-refractivity contribution in [1.82, 2.24) is 0 Å². The van der Waals surface area contributed by atoms with Crippen LogP contribution in [0.5, 0.6) is 0 Å². The molecule has 0 fully saturated rings. The minimum atomic E-state index is -0.468. The number of hydrogen-bond acceptors (Lipinski definition) is 1. The first-order valence-corrected chi connectivity index (χ1v) is 6.45. The van der Waals surface area contributed by atoms with Crippen LogP contribution in [0.25, 0.3) is 0 Å². The van der Waals surface area contributed by atoms with E-state index in [1.807, 2.05) is 6.92 Å². The lowest BCUT2D eigenvalue weighted by Gasteiger charge is -2.19. The Hall–Kier alpha value is -1.61. The summed E-state index contributed by atoms with van der Waals surface area (Å²) >= 11 is 5.74. The van der Waals surface area contributed by atoms with Crippen LogP contribution in [0.15, 0.2) is 42.5 Å². The summed E-state index contributed by atoms with van der Waals surface area (Å²) in [6.45, 7) is 1.98. The highest BCUT2D eigenvalue weighted by molar-refractivity contribution is 6.31. The van der Waals surface area contributed by atoms with Crippen LogP contribution >= 0.6 is 11.6 Å². The summed E-state index contributed by atoms with van der Waals surface area (Å²) in [5.41, 5.74) is 1.26. The first-order chi connectivity index (χ1) is 9.11. The Morgan fingerprint density at radius 3 is 2.42 bits per heavy atom. The lowest BCUT2D eigenvalue weighted by Crippen LogP contribution is -2.11. The summed E-state index contributed by atoms with van der Waals surface area (Å²) in [5, 5.41) is 3.17. The quantitative estimate of drug-likeness (QED) is 0.814. The van der Waals surface area contributed by atoms with E-state index in [-0.39, 0.29) is 16.9 Å². The Balaban J connectivity index is 2.24. The van der Waals surface area contributed by atoms with Crippen LogP contribution in [0.3, 0.4) is 0 Å². The van der Waals surface area contributed by atoms with E-state index in [9.17, 15) is 8.78 Å². The van der Waals surface area contributed by atoms with Crippen LogP contribution in [-0.4, -0.2) is 0 Å². The van der Waals surface area contributed by atoms with Crippen molar-refractivity contribution < 1.29 is 8.78 Å². The molecule has 0 spiro atoms. The molecule has 1 nitrogen and oxygen atoms in total. The van der Waals surface area contributed by atoms with Crippen LogP contribution in [-0.2, 0) is 0 Å². The predicted octanol–water partition coefficient (Wildman–Crippen LogP) is 5.18. The molecule has 0 aromatic heterocycles. The smallest absolute Gasteiger partial charge is 0.164 e. The standard InChI is InChI=1S/C15H14ClF2N/c1-2-13(10-6-8-11(17)9-7-10)19-14-5-3-4-12(16)15(14)18/h3-9,13,19H,2H2,1H3. The van der Waals surface area contributed by atoms with Gasteiger partial charge < -0.3 is 5.32 Å². The molecule has 0 radical (unpaired) electrons. The Bertz CT molecular complexity index is 555. The third-order valence-corrected chi connectivity index (χ3v) is 3.25. The van der Waals surface area contributed by atoms with E-state index in [1.165, 1.54) is 18.2 Å². The van der Waals surface area contributed by atoms with Crippen molar-refractivity contribution in [3.05, 3.63) is 64.7 Å². The van der Waals surface area contributed by atoms with Crippen molar-refractivity contribution in [1.29, 1.82) is 0 Å². The van der Waals surface area contributed by atoms with E-state index in [0.29, 0.717) is 5.69 Å². The van der Waals surface area contributed by atoms with Crippen LogP contribution in [0, 0.1) is 11.6 Å². The molecule has 0 saturated heterocycles. The zero-order chi connectivity index (χ0) is 13.8. The molecule has 4 heteroatoms. The first-order valence-electron chi connectivity index (χ1n) is 6.08. The molecule has 19 heavy (non-hydrogen) atoms. The molecule has 0 aliphatic rings. The monoisotopic (exact) mass is 281 g/mol. The van der Waals surface area contributed by atoms with E-state index in [2.05, 4.69) is 5.32 Å². The SMILES string of the molecule is CCC(Nc1cccc(Cl)c1F)c1ccc(F)cc1. The fraction of sp³-hybridized carbons (Fsp3) is 0.200. The molecule has 2 aromatic carbocycles. The summed E-state index contributed by atoms with van der Waals surface area (Å²) in [5.74, 6) is -0.753. The van der Waals surface area contributed by atoms with Crippen LogP contribution < -0.4 is 5.32 Å². The first kappa shape index (κ1) is 13.8. The molecular weight excluding hydrogens is 268 g/mol. The second-order valence-electron chi connectivity index (χ2n) is 4.26. The highest BCUT2D eigenvalue weighted by Gasteiger charge is 2.13. The van der Waals surface area contributed by atoms with Crippen LogP contribution in [0.4, 0.5) is 14.5 Å². The molecule has 2 aromatic rings. The predicted molar refractivity (Wildman–Crippen MR) is 74.5 cm³/mol. The zero-order valence-electron chi connectivity index (χ0n) is 10.5. The molecule has 0 aliphatic carbocycles. The Labute approximate surface area is 116 Å². The molecule has 1 unspecified atom stereocenters. The van der Waals surface area contributed by atoms with E-state index in [1.54, 1.807) is 24.3 Å². The van der Waals surface area contributed by atoms with E-state index < -0.39 is 5.82 Å². The molecule has 0 saturated carbocycles.